The Morgan fingerprint density at radius 2 is 1.44 bits per heavy atom. The minimum absolute atomic E-state index is 0.0725. The van der Waals surface area contributed by atoms with Gasteiger partial charge in [0.25, 0.3) is 5.91 Å². The zero-order valence-electron chi connectivity index (χ0n) is 16.3. The summed E-state index contributed by atoms with van der Waals surface area (Å²) >= 11 is 0. The van der Waals surface area contributed by atoms with E-state index in [0.717, 1.165) is 28.9 Å². The molecule has 0 radical (unpaired) electrons. The van der Waals surface area contributed by atoms with Crippen LogP contribution < -0.4 is 15.6 Å². The second kappa shape index (κ2) is 7.17. The Kier molecular flexibility index (Phi) is 4.87. The fourth-order valence-electron chi connectivity index (χ4n) is 6.23. The number of aryl methyl sites for hydroxylation is 2. The molecule has 5 nitrogen and oxygen atoms in total. The molecule has 0 saturated heterocycles. The van der Waals surface area contributed by atoms with Gasteiger partial charge in [-0.2, -0.15) is 0 Å². The summed E-state index contributed by atoms with van der Waals surface area (Å²) in [6.45, 7) is 3.87. The molecule has 0 heterocycles. The van der Waals surface area contributed by atoms with Gasteiger partial charge in [0.05, 0.1) is 0 Å². The molecule has 4 aliphatic rings. The fraction of sp³-hybridized carbons (Fsp3) is 0.636. The summed E-state index contributed by atoms with van der Waals surface area (Å²) in [5, 5.41) is 0. The molecule has 0 spiro atoms. The van der Waals surface area contributed by atoms with Crippen LogP contribution in [0.25, 0.3) is 0 Å². The Balaban J connectivity index is 1.23. The minimum atomic E-state index is -0.340. The molecular formula is C22H30N2O3. The van der Waals surface area contributed by atoms with Crippen molar-refractivity contribution in [2.24, 2.45) is 23.2 Å². The topological polar surface area (TPSA) is 67.4 Å². The molecule has 5 heteroatoms. The number of benzene rings is 1. The van der Waals surface area contributed by atoms with Crippen molar-refractivity contribution >= 4 is 11.8 Å². The van der Waals surface area contributed by atoms with Crippen molar-refractivity contribution in [3.63, 3.8) is 0 Å². The Labute approximate surface area is 161 Å². The molecule has 0 aliphatic heterocycles. The summed E-state index contributed by atoms with van der Waals surface area (Å²) in [6, 6.07) is 5.84. The largest absolute Gasteiger partial charge is 0.484 e. The SMILES string of the molecule is Cc1cc(C)cc(OCC(=O)NNC(=O)CC23CC4CC(CC(C4)C2)C3)c1. The first kappa shape index (κ1) is 18.3. The highest BCUT2D eigenvalue weighted by atomic mass is 16.5. The van der Waals surface area contributed by atoms with Gasteiger partial charge in [0.15, 0.2) is 6.61 Å². The summed E-state index contributed by atoms with van der Waals surface area (Å²) in [6.07, 6.45) is 8.21. The van der Waals surface area contributed by atoms with Crippen LogP contribution in [0.15, 0.2) is 18.2 Å². The number of carbonyl (C=O) groups excluding carboxylic acids is 2. The van der Waals surface area contributed by atoms with Crippen LogP contribution in [0.1, 0.15) is 56.1 Å². The van der Waals surface area contributed by atoms with Crippen molar-refractivity contribution in [3.8, 4) is 5.75 Å². The molecule has 4 bridgehead atoms. The maximum atomic E-state index is 12.4. The van der Waals surface area contributed by atoms with E-state index in [1.807, 2.05) is 26.0 Å². The minimum Gasteiger partial charge on any atom is -0.484 e. The van der Waals surface area contributed by atoms with Gasteiger partial charge in [-0.3, -0.25) is 20.4 Å². The summed E-state index contributed by atoms with van der Waals surface area (Å²) in [4.78, 5) is 24.4. The lowest BCUT2D eigenvalue weighted by molar-refractivity contribution is -0.134. The molecule has 4 aliphatic carbocycles. The lowest BCUT2D eigenvalue weighted by Gasteiger charge is -2.56. The van der Waals surface area contributed by atoms with E-state index < -0.39 is 0 Å². The van der Waals surface area contributed by atoms with Gasteiger partial charge in [-0.15, -0.1) is 0 Å². The van der Waals surface area contributed by atoms with Gasteiger partial charge in [-0.05, 0) is 98.8 Å². The molecule has 1 aromatic rings. The number of amides is 2. The van der Waals surface area contributed by atoms with Crippen LogP contribution >= 0.6 is 0 Å². The third kappa shape index (κ3) is 4.28. The Morgan fingerprint density at radius 1 is 0.926 bits per heavy atom. The van der Waals surface area contributed by atoms with E-state index in [1.54, 1.807) is 0 Å². The molecule has 0 unspecified atom stereocenters. The van der Waals surface area contributed by atoms with Crippen LogP contribution in [0.5, 0.6) is 5.75 Å². The van der Waals surface area contributed by atoms with Gasteiger partial charge < -0.3 is 4.74 Å². The van der Waals surface area contributed by atoms with Crippen molar-refractivity contribution in [1.29, 1.82) is 0 Å². The van der Waals surface area contributed by atoms with Crippen LogP contribution in [0.3, 0.4) is 0 Å². The smallest absolute Gasteiger partial charge is 0.276 e. The number of hydrazine groups is 1. The zero-order valence-corrected chi connectivity index (χ0v) is 16.3. The predicted octanol–water partition coefficient (Wildman–Crippen LogP) is 3.44. The standard InChI is InChI=1S/C22H30N2O3/c1-14-3-15(2)5-19(4-14)27-13-21(26)24-23-20(25)12-22-9-16-6-17(10-22)8-18(7-16)11-22/h3-5,16-18H,6-13H2,1-2H3,(H,23,25)(H,24,26). The number of rotatable bonds is 5. The van der Waals surface area contributed by atoms with Crippen molar-refractivity contribution in [2.45, 2.75) is 58.8 Å². The van der Waals surface area contributed by atoms with Crippen molar-refractivity contribution < 1.29 is 14.3 Å². The molecule has 4 saturated carbocycles. The van der Waals surface area contributed by atoms with Gasteiger partial charge in [0.1, 0.15) is 5.75 Å². The Morgan fingerprint density at radius 3 is 2.00 bits per heavy atom. The van der Waals surface area contributed by atoms with Gasteiger partial charge in [0.2, 0.25) is 5.91 Å². The molecule has 2 amide bonds. The van der Waals surface area contributed by atoms with Crippen LogP contribution in [-0.2, 0) is 9.59 Å². The second-order valence-electron chi connectivity index (χ2n) is 9.30. The van der Waals surface area contributed by atoms with Gasteiger partial charge in [-0.1, -0.05) is 6.07 Å². The lowest BCUT2D eigenvalue weighted by atomic mass is 9.49. The number of carbonyl (C=O) groups is 2. The van der Waals surface area contributed by atoms with Crippen LogP contribution in [0.4, 0.5) is 0 Å². The maximum Gasteiger partial charge on any atom is 0.276 e. The molecule has 1 aromatic carbocycles. The van der Waals surface area contributed by atoms with E-state index in [4.69, 9.17) is 4.74 Å². The highest BCUT2D eigenvalue weighted by Gasteiger charge is 2.51. The van der Waals surface area contributed by atoms with Crippen molar-refractivity contribution in [3.05, 3.63) is 29.3 Å². The number of hydrogen-bond acceptors (Lipinski definition) is 3. The Hall–Kier alpha value is -2.04. The number of ether oxygens (including phenoxy) is 1. The Bertz CT molecular complexity index is 688. The third-order valence-electron chi connectivity index (χ3n) is 6.61. The predicted molar refractivity (Wildman–Crippen MR) is 103 cm³/mol. The first-order chi connectivity index (χ1) is 12.9. The van der Waals surface area contributed by atoms with Gasteiger partial charge in [-0.25, -0.2) is 0 Å². The maximum absolute atomic E-state index is 12.4. The van der Waals surface area contributed by atoms with Crippen molar-refractivity contribution in [1.82, 2.24) is 10.9 Å². The van der Waals surface area contributed by atoms with Gasteiger partial charge >= 0.3 is 0 Å². The normalized spacial score (nSPS) is 30.8. The van der Waals surface area contributed by atoms with E-state index in [0.29, 0.717) is 12.2 Å². The molecule has 146 valence electrons. The quantitative estimate of drug-likeness (QED) is 0.780. The molecule has 5 rings (SSSR count). The summed E-state index contributed by atoms with van der Waals surface area (Å²) in [7, 11) is 0. The fourth-order valence-corrected chi connectivity index (χ4v) is 6.23. The van der Waals surface area contributed by atoms with E-state index >= 15 is 0 Å². The zero-order chi connectivity index (χ0) is 19.0. The van der Waals surface area contributed by atoms with E-state index in [9.17, 15) is 9.59 Å². The highest BCUT2D eigenvalue weighted by molar-refractivity contribution is 5.83. The van der Waals surface area contributed by atoms with Gasteiger partial charge in [0, 0.05) is 6.42 Å². The number of nitrogens with one attached hydrogen (secondary N) is 2. The first-order valence-electron chi connectivity index (χ1n) is 10.2. The first-order valence-corrected chi connectivity index (χ1v) is 10.2. The molecule has 0 aromatic heterocycles. The van der Waals surface area contributed by atoms with Crippen molar-refractivity contribution in [2.75, 3.05) is 6.61 Å². The monoisotopic (exact) mass is 370 g/mol. The molecule has 2 N–H and O–H groups in total. The average Bonchev–Trinajstić information content (AvgIpc) is 2.55. The van der Waals surface area contributed by atoms with Crippen LogP contribution in [-0.4, -0.2) is 18.4 Å². The van der Waals surface area contributed by atoms with Crippen LogP contribution in [0, 0.1) is 37.0 Å². The van der Waals surface area contributed by atoms with Crippen LogP contribution in [0.2, 0.25) is 0 Å². The second-order valence-corrected chi connectivity index (χ2v) is 9.30. The molecular weight excluding hydrogens is 340 g/mol. The summed E-state index contributed by atoms with van der Waals surface area (Å²) in [5.74, 6) is 2.73. The summed E-state index contributed by atoms with van der Waals surface area (Å²) < 4.78 is 5.53. The lowest BCUT2D eigenvalue weighted by Crippen LogP contribution is -2.50. The third-order valence-corrected chi connectivity index (χ3v) is 6.61. The molecule has 4 fully saturated rings. The summed E-state index contributed by atoms with van der Waals surface area (Å²) in [5.41, 5.74) is 7.46. The molecule has 0 atom stereocenters. The highest BCUT2D eigenvalue weighted by Crippen LogP contribution is 2.61. The number of hydrogen-bond donors (Lipinski definition) is 2. The van der Waals surface area contributed by atoms with E-state index in [-0.39, 0.29) is 23.8 Å². The average molecular weight is 370 g/mol. The van der Waals surface area contributed by atoms with E-state index in [1.165, 1.54) is 38.5 Å². The molecule has 27 heavy (non-hydrogen) atoms. The van der Waals surface area contributed by atoms with E-state index in [2.05, 4.69) is 16.9 Å².